The quantitative estimate of drug-likeness (QED) is 0.629. The molecule has 0 fully saturated rings. The second-order valence-electron chi connectivity index (χ2n) is 5.25. The predicted molar refractivity (Wildman–Crippen MR) is 93.5 cm³/mol. The molecule has 0 unspecified atom stereocenters. The maximum Gasteiger partial charge on any atom is 0.279 e. The van der Waals surface area contributed by atoms with Gasteiger partial charge in [0.2, 0.25) is 0 Å². The summed E-state index contributed by atoms with van der Waals surface area (Å²) in [6.45, 7) is 0.288. The second-order valence-corrected chi connectivity index (χ2v) is 6.87. The molecule has 3 N–H and O–H groups in total. The van der Waals surface area contributed by atoms with E-state index in [-0.39, 0.29) is 17.1 Å². The number of sulfonamides is 1. The number of hydrogen-bond acceptors (Lipinski definition) is 4. The zero-order valence-electron chi connectivity index (χ0n) is 13.1. The van der Waals surface area contributed by atoms with Crippen molar-refractivity contribution in [3.8, 4) is 0 Å². The normalized spacial score (nSPS) is 11.0. The lowest BCUT2D eigenvalue weighted by molar-refractivity contribution is 0.0947. The van der Waals surface area contributed by atoms with Gasteiger partial charge >= 0.3 is 0 Å². The van der Waals surface area contributed by atoms with Crippen LogP contribution in [0.2, 0.25) is 0 Å². The van der Waals surface area contributed by atoms with Crippen molar-refractivity contribution in [1.29, 1.82) is 0 Å². The Kier molecular flexibility index (Phi) is 4.80. The van der Waals surface area contributed by atoms with Crippen molar-refractivity contribution in [3.63, 3.8) is 0 Å². The molecule has 1 amide bonds. The number of amides is 1. The molecule has 0 aliphatic heterocycles. The van der Waals surface area contributed by atoms with Gasteiger partial charge in [0.1, 0.15) is 0 Å². The molecule has 0 saturated carbocycles. The van der Waals surface area contributed by atoms with E-state index in [0.29, 0.717) is 5.69 Å². The molecule has 0 bridgehead atoms. The van der Waals surface area contributed by atoms with Gasteiger partial charge in [0, 0.05) is 12.2 Å². The number of para-hydroxylation sites is 1. The largest absolute Gasteiger partial charge is 0.348 e. The number of benzene rings is 2. The lowest BCUT2D eigenvalue weighted by Gasteiger charge is -2.09. The van der Waals surface area contributed by atoms with Gasteiger partial charge in [-0.3, -0.25) is 14.6 Å². The van der Waals surface area contributed by atoms with E-state index < -0.39 is 15.9 Å². The zero-order chi connectivity index (χ0) is 17.7. The van der Waals surface area contributed by atoms with E-state index in [1.165, 1.54) is 6.20 Å². The second kappa shape index (κ2) is 7.18. The van der Waals surface area contributed by atoms with E-state index in [0.717, 1.165) is 5.56 Å². The summed E-state index contributed by atoms with van der Waals surface area (Å²) in [6.07, 6.45) is 1.19. The molecule has 2 aromatic carbocycles. The SMILES string of the molecule is O=C(NCc1ccccc1)c1cn[nH]c1S(=O)(=O)Nc1ccccc1. The molecule has 3 aromatic rings. The van der Waals surface area contributed by atoms with Crippen molar-refractivity contribution in [2.45, 2.75) is 11.6 Å². The third-order valence-corrected chi connectivity index (χ3v) is 4.79. The van der Waals surface area contributed by atoms with Gasteiger partial charge in [-0.2, -0.15) is 13.5 Å². The molecule has 0 aliphatic carbocycles. The van der Waals surface area contributed by atoms with E-state index >= 15 is 0 Å². The summed E-state index contributed by atoms with van der Waals surface area (Å²) in [4.78, 5) is 12.3. The van der Waals surface area contributed by atoms with Crippen LogP contribution in [0.3, 0.4) is 0 Å². The minimum Gasteiger partial charge on any atom is -0.348 e. The van der Waals surface area contributed by atoms with E-state index in [1.54, 1.807) is 30.3 Å². The number of anilines is 1. The Morgan fingerprint density at radius 2 is 1.64 bits per heavy atom. The first kappa shape index (κ1) is 16.7. The summed E-state index contributed by atoms with van der Waals surface area (Å²) >= 11 is 0. The van der Waals surface area contributed by atoms with Gasteiger partial charge < -0.3 is 5.32 Å². The number of carbonyl (C=O) groups is 1. The molecular weight excluding hydrogens is 340 g/mol. The fraction of sp³-hybridized carbons (Fsp3) is 0.0588. The van der Waals surface area contributed by atoms with Crippen molar-refractivity contribution in [2.24, 2.45) is 0 Å². The molecule has 1 heterocycles. The van der Waals surface area contributed by atoms with Gasteiger partial charge in [-0.15, -0.1) is 0 Å². The van der Waals surface area contributed by atoms with Gasteiger partial charge in [-0.1, -0.05) is 48.5 Å². The van der Waals surface area contributed by atoms with E-state index in [1.807, 2.05) is 30.3 Å². The Bertz CT molecular complexity index is 954. The third kappa shape index (κ3) is 4.04. The monoisotopic (exact) mass is 356 g/mol. The number of nitrogens with zero attached hydrogens (tertiary/aromatic N) is 1. The average molecular weight is 356 g/mol. The van der Waals surface area contributed by atoms with Crippen molar-refractivity contribution in [1.82, 2.24) is 15.5 Å². The smallest absolute Gasteiger partial charge is 0.279 e. The average Bonchev–Trinajstić information content (AvgIpc) is 3.12. The van der Waals surface area contributed by atoms with Crippen LogP contribution >= 0.6 is 0 Å². The Morgan fingerprint density at radius 1 is 1.00 bits per heavy atom. The van der Waals surface area contributed by atoms with Gasteiger partial charge in [0.15, 0.2) is 5.03 Å². The first-order valence-corrected chi connectivity index (χ1v) is 8.98. The highest BCUT2D eigenvalue weighted by Crippen LogP contribution is 2.17. The molecule has 8 heteroatoms. The Morgan fingerprint density at radius 3 is 2.32 bits per heavy atom. The highest BCUT2D eigenvalue weighted by molar-refractivity contribution is 7.92. The van der Waals surface area contributed by atoms with Crippen LogP contribution < -0.4 is 10.0 Å². The summed E-state index contributed by atoms with van der Waals surface area (Å²) in [6, 6.07) is 17.7. The summed E-state index contributed by atoms with van der Waals surface area (Å²) in [5.74, 6) is -0.522. The molecule has 7 nitrogen and oxygen atoms in total. The van der Waals surface area contributed by atoms with Crippen molar-refractivity contribution < 1.29 is 13.2 Å². The van der Waals surface area contributed by atoms with Crippen molar-refractivity contribution in [3.05, 3.63) is 78.0 Å². The fourth-order valence-electron chi connectivity index (χ4n) is 2.23. The number of H-pyrrole nitrogens is 1. The van der Waals surface area contributed by atoms with Crippen LogP contribution in [0, 0.1) is 0 Å². The first-order valence-electron chi connectivity index (χ1n) is 7.49. The number of rotatable bonds is 6. The Labute approximate surface area is 145 Å². The van der Waals surface area contributed by atoms with Gasteiger partial charge in [-0.05, 0) is 17.7 Å². The fourth-order valence-corrected chi connectivity index (χ4v) is 3.38. The maximum absolute atomic E-state index is 12.5. The molecule has 3 rings (SSSR count). The van der Waals surface area contributed by atoms with Crippen molar-refractivity contribution >= 4 is 21.6 Å². The van der Waals surface area contributed by atoms with Gasteiger partial charge in [-0.25, -0.2) is 0 Å². The molecular formula is C17H16N4O3S. The lowest BCUT2D eigenvalue weighted by atomic mass is 10.2. The topological polar surface area (TPSA) is 104 Å². The lowest BCUT2D eigenvalue weighted by Crippen LogP contribution is -2.25. The van der Waals surface area contributed by atoms with Crippen molar-refractivity contribution in [2.75, 3.05) is 4.72 Å². The molecule has 0 spiro atoms. The molecule has 0 radical (unpaired) electrons. The summed E-state index contributed by atoms with van der Waals surface area (Å²) < 4.78 is 27.4. The molecule has 25 heavy (non-hydrogen) atoms. The Balaban J connectivity index is 1.76. The molecule has 0 atom stereocenters. The van der Waals surface area contributed by atoms with E-state index in [2.05, 4.69) is 20.2 Å². The maximum atomic E-state index is 12.5. The summed E-state index contributed by atoms with van der Waals surface area (Å²) in [5, 5.41) is 8.50. The number of aromatic amines is 1. The molecule has 0 aliphatic rings. The van der Waals surface area contributed by atoms with Crippen LogP contribution in [0.5, 0.6) is 0 Å². The minimum atomic E-state index is -3.96. The highest BCUT2D eigenvalue weighted by Gasteiger charge is 2.25. The third-order valence-electron chi connectivity index (χ3n) is 3.44. The summed E-state index contributed by atoms with van der Waals surface area (Å²) in [5.41, 5.74) is 1.26. The number of aromatic nitrogens is 2. The van der Waals surface area contributed by atoms with Gasteiger partial charge in [0.25, 0.3) is 15.9 Å². The highest BCUT2D eigenvalue weighted by atomic mass is 32.2. The van der Waals surface area contributed by atoms with Crippen LogP contribution in [0.25, 0.3) is 0 Å². The molecule has 128 valence electrons. The zero-order valence-corrected chi connectivity index (χ0v) is 14.0. The minimum absolute atomic E-state index is 0.0423. The van der Waals surface area contributed by atoms with Crippen LogP contribution in [0.1, 0.15) is 15.9 Å². The molecule has 0 saturated heterocycles. The Hall–Kier alpha value is -3.13. The predicted octanol–water partition coefficient (Wildman–Crippen LogP) is 2.14. The molecule has 1 aromatic heterocycles. The van der Waals surface area contributed by atoms with Gasteiger partial charge in [0.05, 0.1) is 11.8 Å². The standard InChI is InChI=1S/C17H16N4O3S/c22-16(18-11-13-7-3-1-4-8-13)15-12-19-20-17(15)25(23,24)21-14-9-5-2-6-10-14/h1-10,12,21H,11H2,(H,18,22)(H,19,20). The van der Waals surface area contributed by atoms with Crippen LogP contribution in [-0.2, 0) is 16.6 Å². The first-order chi connectivity index (χ1) is 12.1. The van der Waals surface area contributed by atoms with E-state index in [9.17, 15) is 13.2 Å². The van der Waals surface area contributed by atoms with Crippen LogP contribution in [0.15, 0.2) is 71.9 Å². The van der Waals surface area contributed by atoms with Crippen LogP contribution in [0.4, 0.5) is 5.69 Å². The number of carbonyl (C=O) groups excluding carboxylic acids is 1. The number of nitrogens with one attached hydrogen (secondary N) is 3. The van der Waals surface area contributed by atoms with E-state index in [4.69, 9.17) is 0 Å². The van der Waals surface area contributed by atoms with Crippen LogP contribution in [-0.4, -0.2) is 24.5 Å². The number of hydrogen-bond donors (Lipinski definition) is 3. The summed E-state index contributed by atoms with van der Waals surface area (Å²) in [7, 11) is -3.96.